The molecule has 118 heavy (non-hydrogen) atoms. The maximum absolute atomic E-state index is 14.0. The third-order valence-electron chi connectivity index (χ3n) is 21.6. The standard InChI is InChI=1S/C19H23F3N4OS.C17H22N4O3S.C17H21N3O2S.C16H22N2O2S.C13H14F3N3OS/c1-25-7-9-26(10-8-25)18(27)16-15(23)13-14(19(20,21)22)11-5-3-2-4-6-12(11)24-17(13)28-16;1-17(2)7-9-10(8-24-17)15(21-3-5-23-6-4-21)20-16-11(9)12(18)13(25-16)14(19)22;18-14-12-10-11-4-2-1-3-5-13(11)19-16(12)23-15(14)17(21)20-6-8-22-9-7-20;1-7-10-8(2)11-12(17)13(15(19)20-16(4,5)6)21-14(11)18-9(10)3;1-12(2,3)6-4-5(13(14,15)16)7-8(17)9(10(18)20)21-11(7)19-6/h2-10,23H2,1H3;3-8,18H2,1-2H3,(H2,19,22);10H,1-9,18H2;7,17H2,1-6H3;4H,17H2,1-3H3,(H2,18,20). The van der Waals surface area contributed by atoms with Crippen LogP contribution in [0, 0.1) is 13.8 Å². The molecule has 4 aliphatic heterocycles. The van der Waals surface area contributed by atoms with Crippen molar-refractivity contribution in [3.8, 4) is 0 Å². The van der Waals surface area contributed by atoms with Crippen LogP contribution in [0.25, 0.3) is 51.1 Å². The topological polar surface area (TPSA) is 382 Å². The first-order valence-corrected chi connectivity index (χ1v) is 43.4. The summed E-state index contributed by atoms with van der Waals surface area (Å²) in [5.74, 6) is -1.10. The molecule has 6 aliphatic rings. The quantitative estimate of drug-likeness (QED) is 0.0443. The van der Waals surface area contributed by atoms with Crippen LogP contribution in [0.3, 0.4) is 0 Å². The van der Waals surface area contributed by atoms with Crippen LogP contribution in [0.15, 0.2) is 12.1 Å². The molecule has 0 bridgehead atoms. The Morgan fingerprint density at radius 2 is 1.03 bits per heavy atom. The zero-order valence-corrected chi connectivity index (χ0v) is 72.5. The summed E-state index contributed by atoms with van der Waals surface area (Å²) in [5.41, 5.74) is 48.6. The predicted molar refractivity (Wildman–Crippen MR) is 458 cm³/mol. The number of nitrogens with zero attached hydrogens (tertiary/aromatic N) is 9. The Balaban J connectivity index is 0.000000136. The van der Waals surface area contributed by atoms with Gasteiger partial charge in [0.25, 0.3) is 23.6 Å². The number of esters is 1. The molecule has 14 N–H and O–H groups in total. The molecular formula is C82H102F6N16O9S5. The minimum atomic E-state index is -4.59. The lowest BCUT2D eigenvalue weighted by Gasteiger charge is -2.36. The average Bonchev–Trinajstić information content (AvgIpc) is 1.54. The fourth-order valence-electron chi connectivity index (χ4n) is 15.5. The van der Waals surface area contributed by atoms with Crippen LogP contribution in [0.1, 0.15) is 216 Å². The molecule has 3 saturated heterocycles. The molecule has 10 aromatic rings. The van der Waals surface area contributed by atoms with E-state index in [1.54, 1.807) is 25.7 Å². The highest BCUT2D eigenvalue weighted by atomic mass is 32.1. The van der Waals surface area contributed by atoms with Gasteiger partial charge in [0.05, 0.1) is 78.2 Å². The van der Waals surface area contributed by atoms with Gasteiger partial charge in [-0.2, -0.15) is 26.3 Å². The summed E-state index contributed by atoms with van der Waals surface area (Å²) < 4.78 is 104. The van der Waals surface area contributed by atoms with E-state index in [1.807, 2.05) is 46.6 Å². The van der Waals surface area contributed by atoms with Crippen LogP contribution in [0.2, 0.25) is 0 Å². The monoisotopic (exact) mass is 1730 g/mol. The molecule has 0 saturated carbocycles. The van der Waals surface area contributed by atoms with E-state index >= 15 is 0 Å². The van der Waals surface area contributed by atoms with E-state index in [9.17, 15) is 50.3 Å². The molecule has 10 aromatic heterocycles. The van der Waals surface area contributed by atoms with Gasteiger partial charge in [-0.05, 0) is 153 Å². The molecule has 36 heteroatoms. The van der Waals surface area contributed by atoms with Gasteiger partial charge in [0.15, 0.2) is 0 Å². The second kappa shape index (κ2) is 35.1. The summed E-state index contributed by atoms with van der Waals surface area (Å²) in [5, 5.41) is 2.36. The number of anilines is 6. The van der Waals surface area contributed by atoms with Gasteiger partial charge in [0, 0.05) is 119 Å². The van der Waals surface area contributed by atoms with E-state index in [4.69, 9.17) is 69.1 Å². The minimum absolute atomic E-state index is 0.0176. The zero-order chi connectivity index (χ0) is 85.7. The number of morpholine rings is 2. The molecular weight excluding hydrogens is 1630 g/mol. The number of nitrogens with two attached hydrogens (primary N) is 7. The number of hydrogen-bond donors (Lipinski definition) is 7. The van der Waals surface area contributed by atoms with E-state index in [0.29, 0.717) is 116 Å². The first-order valence-electron chi connectivity index (χ1n) is 39.3. The fraction of sp³-hybridized carbons (Fsp3) is 0.512. The van der Waals surface area contributed by atoms with Crippen LogP contribution in [-0.4, -0.2) is 166 Å². The first-order chi connectivity index (χ1) is 55.5. The highest BCUT2D eigenvalue weighted by molar-refractivity contribution is 7.23. The Hall–Kier alpha value is -8.88. The second-order valence-corrected chi connectivity index (χ2v) is 37.8. The van der Waals surface area contributed by atoms with Crippen LogP contribution < -0.4 is 45.0 Å². The molecule has 4 amide bonds. The van der Waals surface area contributed by atoms with Crippen molar-refractivity contribution in [1.82, 2.24) is 39.6 Å². The van der Waals surface area contributed by atoms with Crippen molar-refractivity contribution in [1.29, 1.82) is 0 Å². The molecule has 0 radical (unpaired) electrons. The fourth-order valence-corrected chi connectivity index (χ4v) is 20.7. The van der Waals surface area contributed by atoms with Crippen molar-refractivity contribution in [2.24, 2.45) is 11.5 Å². The Morgan fingerprint density at radius 3 is 1.62 bits per heavy atom. The number of fused-ring (bicyclic) bond motifs is 9. The van der Waals surface area contributed by atoms with Gasteiger partial charge in [-0.3, -0.25) is 19.2 Å². The number of amides is 4. The van der Waals surface area contributed by atoms with Crippen LogP contribution >= 0.6 is 56.7 Å². The lowest BCUT2D eigenvalue weighted by atomic mass is 9.89. The summed E-state index contributed by atoms with van der Waals surface area (Å²) in [7, 11) is 1.97. The zero-order valence-electron chi connectivity index (χ0n) is 68.4. The maximum atomic E-state index is 14.0. The number of carbonyl (C=O) groups excluding carboxylic acids is 5. The number of aromatic nitrogens is 5. The third-order valence-corrected chi connectivity index (χ3v) is 27.1. The van der Waals surface area contributed by atoms with E-state index < -0.39 is 46.3 Å². The Morgan fingerprint density at radius 1 is 0.534 bits per heavy atom. The number of ether oxygens (including phenoxy) is 4. The summed E-state index contributed by atoms with van der Waals surface area (Å²) in [6, 6.07) is 3.15. The van der Waals surface area contributed by atoms with E-state index in [-0.39, 0.29) is 76.2 Å². The number of primary amides is 2. The third kappa shape index (κ3) is 18.8. The summed E-state index contributed by atoms with van der Waals surface area (Å²) in [6.07, 6.45) is 1.60. The second-order valence-electron chi connectivity index (χ2n) is 32.8. The largest absolute Gasteiger partial charge is 0.456 e. The molecule has 0 spiro atoms. The van der Waals surface area contributed by atoms with Gasteiger partial charge >= 0.3 is 18.3 Å². The lowest BCUT2D eigenvalue weighted by Crippen LogP contribution is -2.47. The number of alkyl halides is 6. The number of pyridine rings is 5. The van der Waals surface area contributed by atoms with E-state index in [2.05, 4.69) is 51.6 Å². The average molecular weight is 1730 g/mol. The van der Waals surface area contributed by atoms with Crippen molar-refractivity contribution in [3.63, 3.8) is 0 Å². The van der Waals surface area contributed by atoms with Crippen molar-refractivity contribution in [2.45, 2.75) is 189 Å². The molecule has 16 rings (SSSR count). The normalized spacial score (nSPS) is 16.7. The number of rotatable bonds is 7. The molecule has 0 unspecified atom stereocenters. The van der Waals surface area contributed by atoms with Crippen LogP contribution in [0.4, 0.5) is 60.6 Å². The maximum Gasteiger partial charge on any atom is 0.417 e. The minimum Gasteiger partial charge on any atom is -0.456 e. The number of halogens is 6. The van der Waals surface area contributed by atoms with Gasteiger partial charge in [-0.15, -0.1) is 56.7 Å². The summed E-state index contributed by atoms with van der Waals surface area (Å²) >= 11 is 5.80. The summed E-state index contributed by atoms with van der Waals surface area (Å²) in [4.78, 5) is 96.2. The van der Waals surface area contributed by atoms with Crippen LogP contribution in [0.5, 0.6) is 0 Å². The molecule has 14 heterocycles. The number of aryl methyl sites for hydroxylation is 5. The van der Waals surface area contributed by atoms with Crippen molar-refractivity contribution >= 4 is 172 Å². The van der Waals surface area contributed by atoms with Crippen molar-refractivity contribution in [2.75, 3.05) is 119 Å². The molecule has 3 fully saturated rings. The van der Waals surface area contributed by atoms with E-state index in [0.717, 1.165) is 152 Å². The highest BCUT2D eigenvalue weighted by Crippen LogP contribution is 2.49. The molecule has 0 atom stereocenters. The van der Waals surface area contributed by atoms with Gasteiger partial charge in [0.2, 0.25) is 0 Å². The van der Waals surface area contributed by atoms with Gasteiger partial charge in [-0.1, -0.05) is 40.5 Å². The van der Waals surface area contributed by atoms with Crippen molar-refractivity contribution < 1.29 is 69.3 Å². The SMILES string of the molecule is CC(C)(C)c1cc(C(F)(F)F)c2c(N)c(C(N)=O)sc2n1.CC1(C)Cc2c(c(N3CCOCC3)nc3sc(C(N)=O)c(N)c23)CO1.CCc1c(C)nc2sc(C(=O)OC(C)(C)C)c(N)c2c1C.CN1CCN(C(=O)c2sc3nc4c(c(C(F)(F)F)c3c2N)CCCCC4)CC1.Nc1c(C(=O)N2CCOCC2)sc2nc3c(cc12)CCCCC3. The van der Waals surface area contributed by atoms with E-state index in [1.165, 1.54) is 70.1 Å². The van der Waals surface area contributed by atoms with Crippen LogP contribution in [-0.2, 0) is 81.8 Å². The molecule has 636 valence electrons. The predicted octanol–water partition coefficient (Wildman–Crippen LogP) is 15.1. The number of nitrogen functional groups attached to an aromatic ring is 5. The number of hydrogen-bond acceptors (Lipinski definition) is 26. The number of piperazine rings is 1. The first kappa shape index (κ1) is 88.4. The van der Waals surface area contributed by atoms with Gasteiger partial charge in [-0.25, -0.2) is 29.7 Å². The molecule has 0 aromatic carbocycles. The summed E-state index contributed by atoms with van der Waals surface area (Å²) in [6.45, 7) is 29.5. The smallest absolute Gasteiger partial charge is 0.417 e. The Kier molecular flexibility index (Phi) is 26.3. The number of carbonyl (C=O) groups is 5. The van der Waals surface area contributed by atoms with Gasteiger partial charge in [0.1, 0.15) is 60.0 Å². The number of thiophene rings is 5. The Labute approximate surface area is 699 Å². The molecule has 2 aliphatic carbocycles. The Bertz CT molecular complexity index is 5520. The number of likely N-dealkylation sites (N-methyl/N-ethyl adjacent to an activating group) is 1. The van der Waals surface area contributed by atoms with Crippen molar-refractivity contribution in [3.05, 3.63) is 104 Å². The highest BCUT2D eigenvalue weighted by Gasteiger charge is 2.42. The lowest BCUT2D eigenvalue weighted by molar-refractivity contribution is -0.137. The van der Waals surface area contributed by atoms with Gasteiger partial charge < -0.3 is 78.7 Å². The molecule has 25 nitrogen and oxygen atoms in total.